The van der Waals surface area contributed by atoms with Crippen molar-refractivity contribution in [2.45, 2.75) is 12.3 Å². The Balaban J connectivity index is 1.97. The lowest BCUT2D eigenvalue weighted by molar-refractivity contribution is 0.0939. The number of aromatic nitrogens is 3. The van der Waals surface area contributed by atoms with Crippen molar-refractivity contribution in [3.63, 3.8) is 0 Å². The van der Waals surface area contributed by atoms with Crippen LogP contribution in [0.25, 0.3) is 0 Å². The van der Waals surface area contributed by atoms with E-state index in [1.54, 1.807) is 7.05 Å². The molecule has 1 aromatic carbocycles. The van der Waals surface area contributed by atoms with Gasteiger partial charge in [-0.25, -0.2) is 4.68 Å². The minimum Gasteiger partial charge on any atom is -0.292 e. The molecule has 0 spiro atoms. The number of aryl methyl sites for hydroxylation is 1. The second-order valence-corrected chi connectivity index (χ2v) is 4.92. The van der Waals surface area contributed by atoms with Crippen molar-refractivity contribution in [1.29, 1.82) is 0 Å². The molecular weight excluding hydrogens is 282 g/mol. The van der Waals surface area contributed by atoms with Crippen molar-refractivity contribution in [2.24, 2.45) is 7.05 Å². The highest BCUT2D eigenvalue weighted by Crippen LogP contribution is 2.37. The summed E-state index contributed by atoms with van der Waals surface area (Å²) in [5, 5.41) is 7.68. The van der Waals surface area contributed by atoms with Crippen molar-refractivity contribution in [3.05, 3.63) is 45.7 Å². The lowest BCUT2D eigenvalue weighted by Gasteiger charge is -2.28. The van der Waals surface area contributed by atoms with Crippen molar-refractivity contribution < 1.29 is 4.79 Å². The quantitative estimate of drug-likeness (QED) is 0.796. The minimum absolute atomic E-state index is 0.0419. The van der Waals surface area contributed by atoms with E-state index in [0.717, 1.165) is 12.0 Å². The maximum atomic E-state index is 12.4. The molecule has 5 heteroatoms. The Hall–Kier alpha value is -1.49. The summed E-state index contributed by atoms with van der Waals surface area (Å²) in [5.74, 6) is 0.0442. The van der Waals surface area contributed by atoms with Crippen LogP contribution in [-0.4, -0.2) is 20.8 Å². The van der Waals surface area contributed by atoms with Crippen LogP contribution < -0.4 is 0 Å². The summed E-state index contributed by atoms with van der Waals surface area (Å²) in [6.07, 6.45) is 0.812. The summed E-state index contributed by atoms with van der Waals surface area (Å²) in [5.41, 5.74) is 2.94. The van der Waals surface area contributed by atoms with Gasteiger partial charge in [0.15, 0.2) is 10.4 Å². The third-order valence-electron chi connectivity index (χ3n) is 3.19. The third-order valence-corrected chi connectivity index (χ3v) is 3.72. The number of carbonyl (C=O) groups excluding carboxylic acids is 1. The fourth-order valence-corrected chi connectivity index (χ4v) is 2.77. The van der Waals surface area contributed by atoms with Crippen LogP contribution in [0.2, 0.25) is 0 Å². The lowest BCUT2D eigenvalue weighted by Crippen LogP contribution is -2.27. The molecule has 1 aliphatic carbocycles. The number of hydrogen-bond acceptors (Lipinski definition) is 3. The molecule has 1 heterocycles. The standard InChI is InChI=1S/C12H10BrN3O/c1-16-10(12(13)14-15-16)11(17)9-6-7-4-2-3-5-8(7)9/h2-5,9H,6H2,1H3. The molecular formula is C12H10BrN3O. The van der Waals surface area contributed by atoms with E-state index in [9.17, 15) is 4.79 Å². The zero-order valence-corrected chi connectivity index (χ0v) is 10.8. The first-order valence-corrected chi connectivity index (χ1v) is 6.15. The zero-order valence-electron chi connectivity index (χ0n) is 9.22. The van der Waals surface area contributed by atoms with E-state index >= 15 is 0 Å². The summed E-state index contributed by atoms with van der Waals surface area (Å²) < 4.78 is 2.04. The Bertz CT molecular complexity index is 586. The van der Waals surface area contributed by atoms with E-state index in [1.807, 2.05) is 18.2 Å². The number of hydrogen-bond donors (Lipinski definition) is 0. The van der Waals surface area contributed by atoms with Crippen LogP contribution in [0.4, 0.5) is 0 Å². The maximum Gasteiger partial charge on any atom is 0.191 e. The fourth-order valence-electron chi connectivity index (χ4n) is 2.25. The second kappa shape index (κ2) is 3.77. The van der Waals surface area contributed by atoms with Crippen LogP contribution >= 0.6 is 15.9 Å². The molecule has 0 saturated carbocycles. The van der Waals surface area contributed by atoms with E-state index in [2.05, 4.69) is 32.3 Å². The van der Waals surface area contributed by atoms with Crippen LogP contribution in [0.3, 0.4) is 0 Å². The summed E-state index contributed by atoms with van der Waals surface area (Å²) in [6.45, 7) is 0. The van der Waals surface area contributed by atoms with Gasteiger partial charge in [-0.1, -0.05) is 29.5 Å². The molecule has 0 saturated heterocycles. The molecule has 3 rings (SSSR count). The van der Waals surface area contributed by atoms with Crippen LogP contribution in [0.5, 0.6) is 0 Å². The first kappa shape index (κ1) is 10.7. The summed E-state index contributed by atoms with van der Waals surface area (Å²) in [7, 11) is 1.73. The SMILES string of the molecule is Cn1nnc(Br)c1C(=O)C1Cc2ccccc21. The zero-order chi connectivity index (χ0) is 12.0. The topological polar surface area (TPSA) is 47.8 Å². The lowest BCUT2D eigenvalue weighted by atomic mass is 9.74. The number of fused-ring (bicyclic) bond motifs is 1. The Morgan fingerprint density at radius 3 is 2.88 bits per heavy atom. The molecule has 0 bridgehead atoms. The highest BCUT2D eigenvalue weighted by molar-refractivity contribution is 9.10. The molecule has 4 nitrogen and oxygen atoms in total. The normalized spacial score (nSPS) is 17.4. The Kier molecular flexibility index (Phi) is 2.36. The van der Waals surface area contributed by atoms with Gasteiger partial charge >= 0.3 is 0 Å². The van der Waals surface area contributed by atoms with Crippen molar-refractivity contribution >= 4 is 21.7 Å². The van der Waals surface area contributed by atoms with Gasteiger partial charge in [0, 0.05) is 7.05 Å². The van der Waals surface area contributed by atoms with E-state index < -0.39 is 0 Å². The number of halogens is 1. The summed E-state index contributed by atoms with van der Waals surface area (Å²) in [6, 6.07) is 8.05. The molecule has 2 aromatic rings. The summed E-state index contributed by atoms with van der Waals surface area (Å²) >= 11 is 3.26. The minimum atomic E-state index is -0.0419. The number of rotatable bonds is 2. The van der Waals surface area contributed by atoms with Gasteiger partial charge in [0.1, 0.15) is 5.69 Å². The smallest absolute Gasteiger partial charge is 0.191 e. The van der Waals surface area contributed by atoms with Crippen LogP contribution in [0.15, 0.2) is 28.9 Å². The maximum absolute atomic E-state index is 12.4. The molecule has 1 atom stereocenters. The molecule has 0 radical (unpaired) electrons. The monoisotopic (exact) mass is 291 g/mol. The van der Waals surface area contributed by atoms with Gasteiger partial charge in [0.2, 0.25) is 0 Å². The van der Waals surface area contributed by atoms with E-state index in [4.69, 9.17) is 0 Å². The van der Waals surface area contributed by atoms with Crippen molar-refractivity contribution in [2.75, 3.05) is 0 Å². The number of ketones is 1. The van der Waals surface area contributed by atoms with Gasteiger partial charge in [0.25, 0.3) is 0 Å². The Labute approximate surface area is 107 Å². The van der Waals surface area contributed by atoms with E-state index in [0.29, 0.717) is 10.3 Å². The molecule has 1 aromatic heterocycles. The molecule has 0 amide bonds. The van der Waals surface area contributed by atoms with Gasteiger partial charge in [-0.2, -0.15) is 0 Å². The highest BCUT2D eigenvalue weighted by Gasteiger charge is 2.35. The predicted molar refractivity (Wildman–Crippen MR) is 65.9 cm³/mol. The van der Waals surface area contributed by atoms with E-state index in [1.165, 1.54) is 10.2 Å². The number of Topliss-reactive ketones (excluding diaryl/α,β-unsaturated/α-hetero) is 1. The average molecular weight is 292 g/mol. The van der Waals surface area contributed by atoms with Gasteiger partial charge in [-0.15, -0.1) is 5.10 Å². The molecule has 0 fully saturated rings. The van der Waals surface area contributed by atoms with Crippen molar-refractivity contribution in [3.8, 4) is 0 Å². The molecule has 86 valence electrons. The molecule has 0 N–H and O–H groups in total. The van der Waals surface area contributed by atoms with Crippen LogP contribution in [0.1, 0.15) is 27.5 Å². The second-order valence-electron chi connectivity index (χ2n) is 4.17. The van der Waals surface area contributed by atoms with Crippen LogP contribution in [0, 0.1) is 0 Å². The van der Waals surface area contributed by atoms with Gasteiger partial charge in [0.05, 0.1) is 5.92 Å². The molecule has 1 unspecified atom stereocenters. The molecule has 17 heavy (non-hydrogen) atoms. The Morgan fingerprint density at radius 2 is 2.24 bits per heavy atom. The third kappa shape index (κ3) is 1.53. The van der Waals surface area contributed by atoms with Gasteiger partial charge < -0.3 is 0 Å². The highest BCUT2D eigenvalue weighted by atomic mass is 79.9. The fraction of sp³-hybridized carbons (Fsp3) is 0.250. The Morgan fingerprint density at radius 1 is 1.47 bits per heavy atom. The number of benzene rings is 1. The largest absolute Gasteiger partial charge is 0.292 e. The molecule has 0 aliphatic heterocycles. The summed E-state index contributed by atoms with van der Waals surface area (Å²) in [4.78, 5) is 12.4. The number of nitrogens with zero attached hydrogens (tertiary/aromatic N) is 3. The van der Waals surface area contributed by atoms with Crippen molar-refractivity contribution in [1.82, 2.24) is 15.0 Å². The van der Waals surface area contributed by atoms with E-state index in [-0.39, 0.29) is 11.7 Å². The molecule has 1 aliphatic rings. The van der Waals surface area contributed by atoms with Gasteiger partial charge in [-0.05, 0) is 33.5 Å². The van der Waals surface area contributed by atoms with Gasteiger partial charge in [-0.3, -0.25) is 4.79 Å². The number of carbonyl (C=O) groups is 1. The average Bonchev–Trinajstić information content (AvgIpc) is 2.60. The first-order valence-electron chi connectivity index (χ1n) is 5.35. The predicted octanol–water partition coefficient (Wildman–Crippen LogP) is 2.10. The van der Waals surface area contributed by atoms with Crippen LogP contribution in [-0.2, 0) is 13.5 Å². The first-order chi connectivity index (χ1) is 8.18.